The molecule has 1 amide bonds. The van der Waals surface area contributed by atoms with Crippen molar-refractivity contribution in [3.05, 3.63) is 29.8 Å². The maximum Gasteiger partial charge on any atom is 0.253 e. The fourth-order valence-electron chi connectivity index (χ4n) is 3.72. The number of hydrogen-bond acceptors (Lipinski definition) is 3. The smallest absolute Gasteiger partial charge is 0.253 e. The van der Waals surface area contributed by atoms with E-state index in [0.29, 0.717) is 18.7 Å². The average Bonchev–Trinajstić information content (AvgIpc) is 3.09. The van der Waals surface area contributed by atoms with Gasteiger partial charge in [-0.1, -0.05) is 12.8 Å². The summed E-state index contributed by atoms with van der Waals surface area (Å²) in [6, 6.07) is 8.80. The van der Waals surface area contributed by atoms with Crippen LogP contribution in [0.5, 0.6) is 5.75 Å². The van der Waals surface area contributed by atoms with Crippen molar-refractivity contribution >= 4 is 5.91 Å². The average molecular weight is 316 g/mol. The van der Waals surface area contributed by atoms with Crippen molar-refractivity contribution in [2.75, 3.05) is 19.7 Å². The van der Waals surface area contributed by atoms with E-state index in [4.69, 9.17) is 4.74 Å². The van der Waals surface area contributed by atoms with Crippen LogP contribution in [0.3, 0.4) is 0 Å². The van der Waals surface area contributed by atoms with Crippen LogP contribution < -0.4 is 10.1 Å². The lowest BCUT2D eigenvalue weighted by atomic mass is 10.0. The molecule has 2 fully saturated rings. The van der Waals surface area contributed by atoms with Gasteiger partial charge in [0.15, 0.2) is 0 Å². The minimum Gasteiger partial charge on any atom is -0.494 e. The number of nitrogens with one attached hydrogen (secondary N) is 1. The molecule has 0 spiro atoms. The summed E-state index contributed by atoms with van der Waals surface area (Å²) in [4.78, 5) is 14.6. The number of hydrogen-bond donors (Lipinski definition) is 1. The number of amides is 1. The minimum absolute atomic E-state index is 0.146. The summed E-state index contributed by atoms with van der Waals surface area (Å²) in [5, 5.41) is 3.78. The van der Waals surface area contributed by atoms with Crippen LogP contribution >= 0.6 is 0 Å². The topological polar surface area (TPSA) is 41.6 Å². The van der Waals surface area contributed by atoms with E-state index in [1.54, 1.807) is 0 Å². The predicted molar refractivity (Wildman–Crippen MR) is 91.9 cm³/mol. The van der Waals surface area contributed by atoms with E-state index in [0.717, 1.165) is 37.2 Å². The second kappa shape index (κ2) is 7.82. The molecule has 0 unspecified atom stereocenters. The zero-order chi connectivity index (χ0) is 16.1. The van der Waals surface area contributed by atoms with Gasteiger partial charge in [-0.25, -0.2) is 0 Å². The Kier molecular flexibility index (Phi) is 5.55. The molecule has 1 saturated carbocycles. The van der Waals surface area contributed by atoms with Gasteiger partial charge in [0.2, 0.25) is 0 Å². The van der Waals surface area contributed by atoms with Gasteiger partial charge in [0.25, 0.3) is 5.91 Å². The largest absolute Gasteiger partial charge is 0.494 e. The van der Waals surface area contributed by atoms with Crippen LogP contribution in [0.15, 0.2) is 24.3 Å². The number of piperidine rings is 1. The number of ether oxygens (including phenoxy) is 1. The predicted octanol–water partition coefficient (Wildman–Crippen LogP) is 3.22. The van der Waals surface area contributed by atoms with Gasteiger partial charge in [-0.3, -0.25) is 4.79 Å². The molecule has 0 bridgehead atoms. The maximum absolute atomic E-state index is 12.6. The molecule has 1 aromatic rings. The van der Waals surface area contributed by atoms with Crippen molar-refractivity contribution in [3.63, 3.8) is 0 Å². The van der Waals surface area contributed by atoms with Crippen LogP contribution in [0, 0.1) is 0 Å². The Labute approximate surface area is 139 Å². The van der Waals surface area contributed by atoms with Gasteiger partial charge >= 0.3 is 0 Å². The lowest BCUT2D eigenvalue weighted by molar-refractivity contribution is 0.0702. The van der Waals surface area contributed by atoms with E-state index >= 15 is 0 Å². The van der Waals surface area contributed by atoms with Crippen LogP contribution in [0.25, 0.3) is 0 Å². The molecule has 0 radical (unpaired) electrons. The zero-order valence-electron chi connectivity index (χ0n) is 14.1. The Morgan fingerprint density at radius 3 is 2.30 bits per heavy atom. The highest BCUT2D eigenvalue weighted by molar-refractivity contribution is 5.94. The first-order chi connectivity index (χ1) is 11.3. The van der Waals surface area contributed by atoms with E-state index in [1.165, 1.54) is 25.7 Å². The van der Waals surface area contributed by atoms with Crippen LogP contribution in [0.2, 0.25) is 0 Å². The quantitative estimate of drug-likeness (QED) is 0.907. The SMILES string of the molecule is CCOc1ccc(C(=O)N2CCC(NC3CCCC3)CC2)cc1. The van der Waals surface area contributed by atoms with E-state index in [-0.39, 0.29) is 5.91 Å². The standard InChI is InChI=1S/C19H28N2O2/c1-2-23-18-9-7-15(8-10-18)19(22)21-13-11-17(12-14-21)20-16-5-3-4-6-16/h7-10,16-17,20H,2-6,11-14H2,1H3. The Hall–Kier alpha value is -1.55. The Bertz CT molecular complexity index is 501. The van der Waals surface area contributed by atoms with Gasteiger partial charge in [0.05, 0.1) is 6.61 Å². The summed E-state index contributed by atoms with van der Waals surface area (Å²) >= 11 is 0. The lowest BCUT2D eigenvalue weighted by Crippen LogP contribution is -2.47. The van der Waals surface area contributed by atoms with E-state index in [1.807, 2.05) is 36.1 Å². The number of rotatable bonds is 5. The van der Waals surface area contributed by atoms with Crippen LogP contribution in [0.4, 0.5) is 0 Å². The van der Waals surface area contributed by atoms with E-state index < -0.39 is 0 Å². The molecule has 4 heteroatoms. The fourth-order valence-corrected chi connectivity index (χ4v) is 3.72. The summed E-state index contributed by atoms with van der Waals surface area (Å²) in [7, 11) is 0. The molecule has 1 aromatic carbocycles. The fraction of sp³-hybridized carbons (Fsp3) is 0.632. The first-order valence-corrected chi connectivity index (χ1v) is 9.04. The Morgan fingerprint density at radius 2 is 1.70 bits per heavy atom. The number of carbonyl (C=O) groups excluding carboxylic acids is 1. The molecule has 126 valence electrons. The summed E-state index contributed by atoms with van der Waals surface area (Å²) in [5.41, 5.74) is 0.760. The number of carbonyl (C=O) groups is 1. The molecule has 1 heterocycles. The summed E-state index contributed by atoms with van der Waals surface area (Å²) in [6.07, 6.45) is 7.52. The van der Waals surface area contributed by atoms with Gasteiger partial charge in [-0.05, 0) is 56.9 Å². The van der Waals surface area contributed by atoms with E-state index in [2.05, 4.69) is 5.32 Å². The molecular weight excluding hydrogens is 288 g/mol. The van der Waals surface area contributed by atoms with Gasteiger partial charge in [0, 0.05) is 30.7 Å². The number of likely N-dealkylation sites (tertiary alicyclic amines) is 1. The zero-order valence-corrected chi connectivity index (χ0v) is 14.1. The molecule has 1 aliphatic heterocycles. The van der Waals surface area contributed by atoms with Gasteiger partial charge < -0.3 is 15.0 Å². The van der Waals surface area contributed by atoms with E-state index in [9.17, 15) is 4.79 Å². The third kappa shape index (κ3) is 4.25. The highest BCUT2D eigenvalue weighted by atomic mass is 16.5. The molecule has 0 atom stereocenters. The molecule has 0 aromatic heterocycles. The monoisotopic (exact) mass is 316 g/mol. The van der Waals surface area contributed by atoms with Crippen molar-refractivity contribution in [2.45, 2.75) is 57.5 Å². The number of benzene rings is 1. The second-order valence-electron chi connectivity index (χ2n) is 6.67. The lowest BCUT2D eigenvalue weighted by Gasteiger charge is -2.34. The summed E-state index contributed by atoms with van der Waals surface area (Å²) < 4.78 is 5.43. The molecule has 23 heavy (non-hydrogen) atoms. The summed E-state index contributed by atoms with van der Waals surface area (Å²) in [5.74, 6) is 0.968. The second-order valence-corrected chi connectivity index (χ2v) is 6.67. The van der Waals surface area contributed by atoms with Gasteiger partial charge in [-0.2, -0.15) is 0 Å². The third-order valence-corrected chi connectivity index (χ3v) is 5.02. The van der Waals surface area contributed by atoms with Gasteiger partial charge in [0.1, 0.15) is 5.75 Å². The van der Waals surface area contributed by atoms with Gasteiger partial charge in [-0.15, -0.1) is 0 Å². The number of nitrogens with zero attached hydrogens (tertiary/aromatic N) is 1. The molecule has 3 rings (SSSR count). The highest BCUT2D eigenvalue weighted by Crippen LogP contribution is 2.21. The molecule has 1 saturated heterocycles. The van der Waals surface area contributed by atoms with Crippen LogP contribution in [-0.4, -0.2) is 42.6 Å². The van der Waals surface area contributed by atoms with Crippen molar-refractivity contribution in [2.24, 2.45) is 0 Å². The normalized spacial score (nSPS) is 20.0. The van der Waals surface area contributed by atoms with Crippen molar-refractivity contribution in [1.82, 2.24) is 10.2 Å². The van der Waals surface area contributed by atoms with Crippen molar-refractivity contribution < 1.29 is 9.53 Å². The van der Waals surface area contributed by atoms with Crippen molar-refractivity contribution in [3.8, 4) is 5.75 Å². The molecule has 4 nitrogen and oxygen atoms in total. The summed E-state index contributed by atoms with van der Waals surface area (Å²) in [6.45, 7) is 4.32. The first kappa shape index (κ1) is 16.3. The van der Waals surface area contributed by atoms with Crippen LogP contribution in [0.1, 0.15) is 55.8 Å². The minimum atomic E-state index is 0.146. The highest BCUT2D eigenvalue weighted by Gasteiger charge is 2.26. The third-order valence-electron chi connectivity index (χ3n) is 5.02. The maximum atomic E-state index is 12.6. The molecule has 1 aliphatic carbocycles. The van der Waals surface area contributed by atoms with Crippen LogP contribution in [-0.2, 0) is 0 Å². The molecule has 2 aliphatic rings. The molecule has 1 N–H and O–H groups in total. The Balaban J connectivity index is 1.49. The first-order valence-electron chi connectivity index (χ1n) is 9.04. The van der Waals surface area contributed by atoms with Crippen molar-refractivity contribution in [1.29, 1.82) is 0 Å². The molecular formula is C19H28N2O2. The Morgan fingerprint density at radius 1 is 1.09 bits per heavy atom.